The zero-order chi connectivity index (χ0) is 26.6. The van der Waals surface area contributed by atoms with E-state index in [4.69, 9.17) is 19.9 Å². The molecule has 2 N–H and O–H groups in total. The van der Waals surface area contributed by atoms with Gasteiger partial charge in [-0.15, -0.1) is 0 Å². The number of aromatic nitrogens is 2. The number of esters is 3. The summed E-state index contributed by atoms with van der Waals surface area (Å²) in [7, 11) is 0. The lowest BCUT2D eigenvalue weighted by atomic mass is 9.85. The van der Waals surface area contributed by atoms with Crippen LogP contribution in [0.4, 0.5) is 4.39 Å². The molecule has 0 fully saturated rings. The standard InChI is InChI=1S/C26H24FN3O7/c1-4-26(37-24(33)12(2)3)16-7-19-22-14(10-30(19)23(32)15(16)11-35-25(26)34)5-13-6-20(36-21(31)9-28)17(27)8-18(13)29-22/h5-8,12H,4,9-11,28H2,1-3H3/t26-/m0/s1. The Morgan fingerprint density at radius 1 is 1.24 bits per heavy atom. The molecular weight excluding hydrogens is 485 g/mol. The number of hydrogen-bond donors (Lipinski definition) is 1. The molecule has 1 aromatic carbocycles. The molecule has 0 aliphatic carbocycles. The predicted octanol–water partition coefficient (Wildman–Crippen LogP) is 2.29. The lowest BCUT2D eigenvalue weighted by Crippen LogP contribution is -2.48. The Balaban J connectivity index is 1.67. The van der Waals surface area contributed by atoms with E-state index in [9.17, 15) is 23.6 Å². The highest BCUT2D eigenvalue weighted by molar-refractivity contribution is 5.89. The lowest BCUT2D eigenvalue weighted by Gasteiger charge is -2.36. The first-order valence-electron chi connectivity index (χ1n) is 11.8. The van der Waals surface area contributed by atoms with Crippen LogP contribution in [0.15, 0.2) is 29.1 Å². The van der Waals surface area contributed by atoms with Gasteiger partial charge in [-0.2, -0.15) is 0 Å². The maximum Gasteiger partial charge on any atom is 0.355 e. The second-order valence-corrected chi connectivity index (χ2v) is 9.30. The summed E-state index contributed by atoms with van der Waals surface area (Å²) in [4.78, 5) is 55.2. The summed E-state index contributed by atoms with van der Waals surface area (Å²) in [5.74, 6) is -3.70. The molecule has 0 amide bonds. The van der Waals surface area contributed by atoms with E-state index < -0.39 is 47.3 Å². The van der Waals surface area contributed by atoms with Crippen LogP contribution in [0.3, 0.4) is 0 Å². The third-order valence-corrected chi connectivity index (χ3v) is 6.67. The molecule has 2 aliphatic rings. The van der Waals surface area contributed by atoms with E-state index in [1.807, 2.05) is 0 Å². The second kappa shape index (κ2) is 8.77. The Hall–Kier alpha value is -4.12. The maximum atomic E-state index is 14.6. The lowest BCUT2D eigenvalue weighted by molar-refractivity contribution is -0.191. The number of cyclic esters (lactones) is 1. The average Bonchev–Trinajstić information content (AvgIpc) is 3.22. The number of rotatable bonds is 5. The van der Waals surface area contributed by atoms with Gasteiger partial charge in [-0.1, -0.05) is 20.8 Å². The molecule has 3 aromatic rings. The molecular formula is C26H24FN3O7. The van der Waals surface area contributed by atoms with E-state index in [0.717, 1.165) is 6.07 Å². The Morgan fingerprint density at radius 2 is 2.00 bits per heavy atom. The van der Waals surface area contributed by atoms with Crippen molar-refractivity contribution in [2.45, 2.75) is 45.9 Å². The van der Waals surface area contributed by atoms with Crippen molar-refractivity contribution in [1.29, 1.82) is 0 Å². The van der Waals surface area contributed by atoms with Crippen LogP contribution < -0.4 is 16.0 Å². The molecule has 2 aromatic heterocycles. The van der Waals surface area contributed by atoms with Crippen molar-refractivity contribution < 1.29 is 33.0 Å². The van der Waals surface area contributed by atoms with Gasteiger partial charge in [0.2, 0.25) is 5.60 Å². The zero-order valence-electron chi connectivity index (χ0n) is 20.4. The third-order valence-electron chi connectivity index (χ3n) is 6.67. The van der Waals surface area contributed by atoms with Gasteiger partial charge in [0.1, 0.15) is 6.61 Å². The van der Waals surface area contributed by atoms with Gasteiger partial charge in [-0.05, 0) is 24.6 Å². The average molecular weight is 509 g/mol. The third kappa shape index (κ3) is 3.77. The monoisotopic (exact) mass is 509 g/mol. The van der Waals surface area contributed by atoms with Gasteiger partial charge in [0, 0.05) is 22.6 Å². The Morgan fingerprint density at radius 3 is 2.68 bits per heavy atom. The van der Waals surface area contributed by atoms with E-state index in [2.05, 4.69) is 4.98 Å². The van der Waals surface area contributed by atoms with Crippen molar-refractivity contribution in [2.75, 3.05) is 6.54 Å². The SMILES string of the molecule is CC[C@@]1(OC(=O)C(C)C)C(=O)OCc2c1cc1n(c2=O)Cc2cc3cc(OC(=O)CN)c(F)cc3nc2-1. The van der Waals surface area contributed by atoms with Crippen LogP contribution in [0.2, 0.25) is 0 Å². The van der Waals surface area contributed by atoms with Crippen molar-refractivity contribution in [3.05, 3.63) is 57.1 Å². The molecule has 0 saturated heterocycles. The quantitative estimate of drug-likeness (QED) is 0.317. The van der Waals surface area contributed by atoms with Crippen LogP contribution in [0, 0.1) is 11.7 Å². The van der Waals surface area contributed by atoms with Crippen LogP contribution in [-0.4, -0.2) is 34.0 Å². The molecule has 10 nitrogen and oxygen atoms in total. The molecule has 2 aliphatic heterocycles. The number of benzene rings is 1. The minimum Gasteiger partial charge on any atom is -0.457 e. The first-order valence-corrected chi connectivity index (χ1v) is 11.8. The van der Waals surface area contributed by atoms with Crippen molar-refractivity contribution in [2.24, 2.45) is 11.7 Å². The number of nitrogens with zero attached hydrogens (tertiary/aromatic N) is 2. The second-order valence-electron chi connectivity index (χ2n) is 9.30. The number of carbonyl (C=O) groups excluding carboxylic acids is 3. The summed E-state index contributed by atoms with van der Waals surface area (Å²) in [5.41, 5.74) is 5.35. The molecule has 1 atom stereocenters. The fraction of sp³-hybridized carbons (Fsp3) is 0.346. The van der Waals surface area contributed by atoms with Gasteiger partial charge in [-0.3, -0.25) is 14.4 Å². The topological polar surface area (TPSA) is 140 Å². The van der Waals surface area contributed by atoms with Crippen molar-refractivity contribution in [1.82, 2.24) is 9.55 Å². The Labute approximate surface area is 210 Å². The van der Waals surface area contributed by atoms with Crippen molar-refractivity contribution in [3.63, 3.8) is 0 Å². The molecule has 192 valence electrons. The van der Waals surface area contributed by atoms with Crippen LogP contribution in [-0.2, 0) is 42.6 Å². The first kappa shape index (κ1) is 24.6. The maximum absolute atomic E-state index is 14.6. The molecule has 0 saturated carbocycles. The van der Waals surface area contributed by atoms with Crippen LogP contribution in [0.25, 0.3) is 22.3 Å². The molecule has 0 unspecified atom stereocenters. The minimum absolute atomic E-state index is 0.0632. The van der Waals surface area contributed by atoms with Crippen molar-refractivity contribution >= 4 is 28.8 Å². The van der Waals surface area contributed by atoms with Crippen LogP contribution in [0.5, 0.6) is 5.75 Å². The van der Waals surface area contributed by atoms with Gasteiger partial charge in [0.05, 0.1) is 41.5 Å². The summed E-state index contributed by atoms with van der Waals surface area (Å²) in [5, 5.41) is 0.498. The summed E-state index contributed by atoms with van der Waals surface area (Å²) in [6.45, 7) is 4.48. The molecule has 0 radical (unpaired) electrons. The largest absolute Gasteiger partial charge is 0.457 e. The minimum atomic E-state index is -1.77. The van der Waals surface area contributed by atoms with Crippen LogP contribution in [0.1, 0.15) is 43.9 Å². The number of fused-ring (bicyclic) bond motifs is 5. The summed E-state index contributed by atoms with van der Waals surface area (Å²) in [6, 6.07) is 5.84. The summed E-state index contributed by atoms with van der Waals surface area (Å²) >= 11 is 0. The number of hydrogen-bond acceptors (Lipinski definition) is 9. The number of pyridine rings is 2. The predicted molar refractivity (Wildman–Crippen MR) is 128 cm³/mol. The fourth-order valence-electron chi connectivity index (χ4n) is 4.67. The molecule has 37 heavy (non-hydrogen) atoms. The van der Waals surface area contributed by atoms with Gasteiger partial charge >= 0.3 is 17.9 Å². The fourth-order valence-corrected chi connectivity index (χ4v) is 4.67. The Kier molecular flexibility index (Phi) is 5.82. The molecule has 0 bridgehead atoms. The highest BCUT2D eigenvalue weighted by Gasteiger charge is 2.50. The van der Waals surface area contributed by atoms with Gasteiger partial charge in [-0.25, -0.2) is 14.2 Å². The Bertz CT molecular complexity index is 1560. The van der Waals surface area contributed by atoms with E-state index in [1.54, 1.807) is 32.9 Å². The molecule has 4 heterocycles. The number of nitrogens with two attached hydrogens (primary N) is 1. The van der Waals surface area contributed by atoms with Gasteiger partial charge in [0.15, 0.2) is 11.6 Å². The number of halogens is 1. The van der Waals surface area contributed by atoms with Gasteiger partial charge < -0.3 is 24.5 Å². The van der Waals surface area contributed by atoms with Crippen molar-refractivity contribution in [3.8, 4) is 17.1 Å². The smallest absolute Gasteiger partial charge is 0.355 e. The molecule has 5 rings (SSSR count). The number of ether oxygens (including phenoxy) is 3. The number of carbonyl (C=O) groups is 3. The van der Waals surface area contributed by atoms with Gasteiger partial charge in [0.25, 0.3) is 5.56 Å². The van der Waals surface area contributed by atoms with E-state index in [1.165, 1.54) is 10.6 Å². The molecule has 11 heteroatoms. The van der Waals surface area contributed by atoms with E-state index >= 15 is 0 Å². The first-order chi connectivity index (χ1) is 17.6. The molecule has 0 spiro atoms. The van der Waals surface area contributed by atoms with E-state index in [0.29, 0.717) is 22.3 Å². The van der Waals surface area contributed by atoms with Crippen LogP contribution >= 0.6 is 0 Å². The van der Waals surface area contributed by atoms with E-state index in [-0.39, 0.29) is 42.0 Å². The summed E-state index contributed by atoms with van der Waals surface area (Å²) in [6.07, 6.45) is 0.0632. The zero-order valence-corrected chi connectivity index (χ0v) is 20.4. The highest BCUT2D eigenvalue weighted by atomic mass is 19.1. The normalized spacial score (nSPS) is 17.7. The summed E-state index contributed by atoms with van der Waals surface area (Å²) < 4.78 is 32.1. The highest BCUT2D eigenvalue weighted by Crippen LogP contribution is 2.41.